The van der Waals surface area contributed by atoms with Crippen molar-refractivity contribution in [3.8, 4) is 0 Å². The zero-order chi connectivity index (χ0) is 11.5. The molecule has 0 aromatic carbocycles. The van der Waals surface area contributed by atoms with Crippen LogP contribution in [0.4, 0.5) is 0 Å². The summed E-state index contributed by atoms with van der Waals surface area (Å²) in [5.41, 5.74) is 0. The van der Waals surface area contributed by atoms with Gasteiger partial charge in [0.05, 0.1) is 26.2 Å². The molecule has 88 valence electrons. The molecule has 0 atom stereocenters. The van der Waals surface area contributed by atoms with E-state index in [2.05, 4.69) is 0 Å². The van der Waals surface area contributed by atoms with Crippen LogP contribution >= 0.6 is 0 Å². The summed E-state index contributed by atoms with van der Waals surface area (Å²) >= 11 is 0. The Labute approximate surface area is 87.8 Å². The van der Waals surface area contributed by atoms with Crippen LogP contribution in [0.3, 0.4) is 0 Å². The number of carbonyl (C=O) groups is 2. The van der Waals surface area contributed by atoms with Crippen molar-refractivity contribution in [2.45, 2.75) is 19.3 Å². The number of ether oxygens (including phenoxy) is 2. The first-order valence-electron chi connectivity index (χ1n) is 4.72. The molecule has 0 radical (unpaired) electrons. The largest absolute Gasteiger partial charge is 0.481 e. The molecule has 0 aliphatic heterocycles. The fraction of sp³-hybridized carbons (Fsp3) is 0.778. The summed E-state index contributed by atoms with van der Waals surface area (Å²) < 4.78 is 10.0. The summed E-state index contributed by atoms with van der Waals surface area (Å²) in [5, 5.41) is 16.6. The third kappa shape index (κ3) is 12.9. The molecule has 0 amide bonds. The highest BCUT2D eigenvalue weighted by Gasteiger charge is 1.97. The molecule has 0 unspecified atom stereocenters. The molecule has 0 rings (SSSR count). The summed E-state index contributed by atoms with van der Waals surface area (Å²) in [6.45, 7) is 1.25. The normalized spacial score (nSPS) is 10.1. The Morgan fingerprint density at radius 3 is 1.87 bits per heavy atom. The number of hydrogen-bond acceptors (Lipinski definition) is 4. The summed E-state index contributed by atoms with van der Waals surface area (Å²) in [5.74, 6) is -1.73. The van der Waals surface area contributed by atoms with Crippen molar-refractivity contribution in [3.63, 3.8) is 0 Å². The molecule has 0 saturated heterocycles. The van der Waals surface area contributed by atoms with Gasteiger partial charge in [-0.1, -0.05) is 0 Å². The molecule has 0 heterocycles. The van der Waals surface area contributed by atoms with Crippen molar-refractivity contribution >= 4 is 11.9 Å². The van der Waals surface area contributed by atoms with Gasteiger partial charge in [0.25, 0.3) is 0 Å². The van der Waals surface area contributed by atoms with Crippen LogP contribution in [0.15, 0.2) is 0 Å². The molecule has 0 fully saturated rings. The van der Waals surface area contributed by atoms with Gasteiger partial charge >= 0.3 is 11.9 Å². The lowest BCUT2D eigenvalue weighted by atomic mass is 10.3. The third-order valence-electron chi connectivity index (χ3n) is 1.51. The van der Waals surface area contributed by atoms with E-state index in [4.69, 9.17) is 19.7 Å². The van der Waals surface area contributed by atoms with Crippen molar-refractivity contribution in [1.29, 1.82) is 0 Å². The average Bonchev–Trinajstić information content (AvgIpc) is 2.14. The molecule has 0 bridgehead atoms. The number of aliphatic carboxylic acids is 2. The van der Waals surface area contributed by atoms with E-state index in [9.17, 15) is 9.59 Å². The second kappa shape index (κ2) is 9.42. The van der Waals surface area contributed by atoms with E-state index in [0.29, 0.717) is 26.2 Å². The second-order valence-corrected chi connectivity index (χ2v) is 2.87. The molecule has 0 aliphatic rings. The molecular weight excluding hydrogens is 204 g/mol. The topological polar surface area (TPSA) is 93.1 Å². The third-order valence-corrected chi connectivity index (χ3v) is 1.51. The van der Waals surface area contributed by atoms with Crippen LogP contribution < -0.4 is 0 Å². The van der Waals surface area contributed by atoms with Crippen LogP contribution in [-0.2, 0) is 19.1 Å². The smallest absolute Gasteiger partial charge is 0.305 e. The van der Waals surface area contributed by atoms with E-state index in [-0.39, 0.29) is 19.4 Å². The van der Waals surface area contributed by atoms with Gasteiger partial charge in [-0.2, -0.15) is 0 Å². The first kappa shape index (κ1) is 13.9. The first-order chi connectivity index (χ1) is 7.13. The van der Waals surface area contributed by atoms with E-state index in [1.807, 2.05) is 0 Å². The Morgan fingerprint density at radius 2 is 1.33 bits per heavy atom. The quantitative estimate of drug-likeness (QED) is 0.516. The molecular formula is C9H16O6. The lowest BCUT2D eigenvalue weighted by molar-refractivity contribution is -0.138. The van der Waals surface area contributed by atoms with Gasteiger partial charge in [-0.05, 0) is 6.42 Å². The van der Waals surface area contributed by atoms with Gasteiger partial charge in [-0.15, -0.1) is 0 Å². The monoisotopic (exact) mass is 220 g/mol. The van der Waals surface area contributed by atoms with Crippen LogP contribution in [0.25, 0.3) is 0 Å². The number of carboxylic acid groups (broad SMARTS) is 2. The van der Waals surface area contributed by atoms with Gasteiger partial charge in [0.2, 0.25) is 0 Å². The fourth-order valence-electron chi connectivity index (χ4n) is 0.807. The van der Waals surface area contributed by atoms with E-state index in [1.54, 1.807) is 0 Å². The number of hydrogen-bond donors (Lipinski definition) is 2. The predicted octanol–water partition coefficient (Wildman–Crippen LogP) is 0.359. The van der Waals surface area contributed by atoms with Crippen molar-refractivity contribution in [3.05, 3.63) is 0 Å². The van der Waals surface area contributed by atoms with Crippen LogP contribution in [0.1, 0.15) is 19.3 Å². The number of rotatable bonds is 10. The van der Waals surface area contributed by atoms with Gasteiger partial charge in [-0.3, -0.25) is 9.59 Å². The Bertz CT molecular complexity index is 171. The van der Waals surface area contributed by atoms with Crippen molar-refractivity contribution in [1.82, 2.24) is 0 Å². The number of carboxylic acids is 2. The minimum atomic E-state index is -0.891. The van der Waals surface area contributed by atoms with Crippen LogP contribution in [0.5, 0.6) is 0 Å². The minimum absolute atomic E-state index is 0.0149. The summed E-state index contributed by atoms with van der Waals surface area (Å²) in [6, 6.07) is 0. The summed E-state index contributed by atoms with van der Waals surface area (Å²) in [4.78, 5) is 20.2. The van der Waals surface area contributed by atoms with Gasteiger partial charge in [0.1, 0.15) is 0 Å². The Morgan fingerprint density at radius 1 is 0.800 bits per heavy atom. The minimum Gasteiger partial charge on any atom is -0.481 e. The molecule has 6 nitrogen and oxygen atoms in total. The average molecular weight is 220 g/mol. The molecule has 15 heavy (non-hydrogen) atoms. The van der Waals surface area contributed by atoms with Gasteiger partial charge in [0, 0.05) is 13.0 Å². The van der Waals surface area contributed by atoms with Gasteiger partial charge in [-0.25, -0.2) is 0 Å². The maximum atomic E-state index is 10.1. The maximum Gasteiger partial charge on any atom is 0.305 e. The first-order valence-corrected chi connectivity index (χ1v) is 4.72. The molecule has 0 saturated carbocycles. The molecule has 0 spiro atoms. The maximum absolute atomic E-state index is 10.1. The van der Waals surface area contributed by atoms with Crippen LogP contribution in [0, 0.1) is 0 Å². The molecule has 6 heteroatoms. The summed E-state index contributed by atoms with van der Waals surface area (Å²) in [6.07, 6.45) is 0.559. The van der Waals surface area contributed by atoms with Crippen molar-refractivity contribution in [2.24, 2.45) is 0 Å². The second-order valence-electron chi connectivity index (χ2n) is 2.87. The molecule has 2 N–H and O–H groups in total. The van der Waals surface area contributed by atoms with E-state index >= 15 is 0 Å². The van der Waals surface area contributed by atoms with Crippen LogP contribution in [-0.4, -0.2) is 48.6 Å². The highest BCUT2D eigenvalue weighted by atomic mass is 16.5. The van der Waals surface area contributed by atoms with Gasteiger partial charge < -0.3 is 19.7 Å². The highest BCUT2D eigenvalue weighted by Crippen LogP contribution is 1.90. The van der Waals surface area contributed by atoms with Crippen molar-refractivity contribution in [2.75, 3.05) is 26.4 Å². The van der Waals surface area contributed by atoms with E-state index in [0.717, 1.165) is 0 Å². The SMILES string of the molecule is O=C(O)CCCOCCOCCC(=O)O. The molecule has 0 aromatic heterocycles. The Hall–Kier alpha value is -1.14. The van der Waals surface area contributed by atoms with Crippen LogP contribution in [0.2, 0.25) is 0 Å². The standard InChI is InChI=1S/C9H16O6/c10-8(11)2-1-4-14-6-7-15-5-3-9(12)13/h1-7H2,(H,10,11)(H,12,13). The predicted molar refractivity (Wildman–Crippen MR) is 50.8 cm³/mol. The molecule has 0 aromatic rings. The fourth-order valence-corrected chi connectivity index (χ4v) is 0.807. The Balaban J connectivity index is 2.99. The highest BCUT2D eigenvalue weighted by molar-refractivity contribution is 5.66. The zero-order valence-corrected chi connectivity index (χ0v) is 8.48. The zero-order valence-electron chi connectivity index (χ0n) is 8.48. The lowest BCUT2D eigenvalue weighted by Gasteiger charge is -2.03. The Kier molecular flexibility index (Phi) is 8.70. The van der Waals surface area contributed by atoms with Gasteiger partial charge in [0.15, 0.2) is 0 Å². The lowest BCUT2D eigenvalue weighted by Crippen LogP contribution is -2.09. The van der Waals surface area contributed by atoms with Crippen molar-refractivity contribution < 1.29 is 29.3 Å². The van der Waals surface area contributed by atoms with E-state index in [1.165, 1.54) is 0 Å². The summed E-state index contributed by atoms with van der Waals surface area (Å²) in [7, 11) is 0. The van der Waals surface area contributed by atoms with E-state index < -0.39 is 11.9 Å². The molecule has 0 aliphatic carbocycles.